The Labute approximate surface area is 253 Å². The zero-order valence-electron chi connectivity index (χ0n) is 18.7. The Bertz CT molecular complexity index is 2330. The lowest BCUT2D eigenvalue weighted by atomic mass is 9.84. The molecule has 0 atom stereocenters. The van der Waals surface area contributed by atoms with E-state index < -0.39 is 0 Å². The van der Waals surface area contributed by atoms with Gasteiger partial charge in [0.25, 0.3) is 0 Å². The van der Waals surface area contributed by atoms with Crippen LogP contribution in [0.1, 0.15) is 0 Å². The Morgan fingerprint density at radius 2 is 0.816 bits per heavy atom. The van der Waals surface area contributed by atoms with Crippen LogP contribution < -0.4 is 10.9 Å². The van der Waals surface area contributed by atoms with Crippen molar-refractivity contribution in [2.45, 2.75) is 0 Å². The molecule has 8 heteroatoms. The van der Waals surface area contributed by atoms with E-state index in [1.54, 1.807) is 6.07 Å². The van der Waals surface area contributed by atoms with Gasteiger partial charge in [0.2, 0.25) is 0 Å². The van der Waals surface area contributed by atoms with E-state index in [1.807, 2.05) is 42.5 Å². The van der Waals surface area contributed by atoms with Crippen LogP contribution in [0, 0.1) is 0 Å². The van der Waals surface area contributed by atoms with Crippen LogP contribution in [-0.2, 0) is 0 Å². The van der Waals surface area contributed by atoms with E-state index in [4.69, 9.17) is 34.8 Å². The molecule has 0 aromatic heterocycles. The van der Waals surface area contributed by atoms with E-state index in [2.05, 4.69) is 47.8 Å². The maximum absolute atomic E-state index is 13.9. The van der Waals surface area contributed by atoms with Crippen molar-refractivity contribution in [1.29, 1.82) is 0 Å². The van der Waals surface area contributed by atoms with E-state index in [1.165, 1.54) is 0 Å². The number of benzene rings is 8. The van der Waals surface area contributed by atoms with Crippen LogP contribution >= 0.6 is 82.6 Å². The van der Waals surface area contributed by atoms with Crippen LogP contribution in [-0.4, -0.2) is 0 Å². The van der Waals surface area contributed by atoms with Crippen LogP contribution in [0.4, 0.5) is 0 Å². The van der Waals surface area contributed by atoms with Crippen LogP contribution in [0.15, 0.2) is 71.5 Å². The van der Waals surface area contributed by atoms with Crippen LogP contribution in [0.2, 0.25) is 15.1 Å². The van der Waals surface area contributed by atoms with E-state index in [0.29, 0.717) is 41.1 Å². The fourth-order valence-corrected chi connectivity index (χ4v) is 8.70. The van der Waals surface area contributed by atoms with E-state index in [-0.39, 0.29) is 10.9 Å². The minimum atomic E-state index is -0.222. The lowest BCUT2D eigenvalue weighted by Crippen LogP contribution is -2.08. The lowest BCUT2D eigenvalue weighted by Gasteiger charge is -2.21. The third-order valence-corrected chi connectivity index (χ3v) is 10.6. The van der Waals surface area contributed by atoms with Gasteiger partial charge in [-0.1, -0.05) is 82.6 Å². The molecule has 0 aliphatic rings. The Hall–Kier alpha value is -1.99. The third-order valence-electron chi connectivity index (χ3n) is 7.66. The Morgan fingerprint density at radius 1 is 0.421 bits per heavy atom. The number of hydrogen-bond donors (Lipinski definition) is 0. The summed E-state index contributed by atoms with van der Waals surface area (Å²) in [6.45, 7) is 0. The molecule has 0 unspecified atom stereocenters. The standard InChI is InChI=1S/C30H8Br3Cl3O2/c31-13-1-2-15(33)25-21(13)11-5-9-8-18(36)28-24-12(22-14(32)3-4-16(34)26(22)30(28)38)6-10-7-17(35)27(29(25)37)23(11)19(10)20(9)24/h1-8H. The first-order chi connectivity index (χ1) is 18.2. The van der Waals surface area contributed by atoms with Gasteiger partial charge < -0.3 is 0 Å². The molecule has 0 amide bonds. The molecule has 8 aromatic carbocycles. The van der Waals surface area contributed by atoms with Crippen molar-refractivity contribution in [3.8, 4) is 0 Å². The molecule has 38 heavy (non-hydrogen) atoms. The lowest BCUT2D eigenvalue weighted by molar-refractivity contribution is 1.67. The maximum atomic E-state index is 13.9. The number of halogens is 6. The Kier molecular flexibility index (Phi) is 4.90. The van der Waals surface area contributed by atoms with Crippen LogP contribution in [0.3, 0.4) is 0 Å². The van der Waals surface area contributed by atoms with Crippen molar-refractivity contribution in [3.05, 3.63) is 97.5 Å². The zero-order chi connectivity index (χ0) is 26.4. The van der Waals surface area contributed by atoms with Gasteiger partial charge in [-0.05, 0) is 80.8 Å². The first-order valence-electron chi connectivity index (χ1n) is 11.4. The molecular weight excluding hydrogens is 738 g/mol. The molecule has 182 valence electrons. The molecule has 0 heterocycles. The molecule has 0 fully saturated rings. The molecule has 0 radical (unpaired) electrons. The van der Waals surface area contributed by atoms with Gasteiger partial charge in [-0.15, -0.1) is 0 Å². The van der Waals surface area contributed by atoms with Crippen molar-refractivity contribution in [2.24, 2.45) is 0 Å². The normalized spacial score (nSPS) is 12.7. The molecule has 0 saturated carbocycles. The average Bonchev–Trinajstić information content (AvgIpc) is 2.87. The first kappa shape index (κ1) is 23.9. The average molecular weight is 746 g/mol. The highest BCUT2D eigenvalue weighted by Gasteiger charge is 2.26. The first-order valence-corrected chi connectivity index (χ1v) is 14.9. The third kappa shape index (κ3) is 2.75. The predicted octanol–water partition coefficient (Wildman–Crippen LogP) is 11.0. The molecule has 0 aliphatic heterocycles. The summed E-state index contributed by atoms with van der Waals surface area (Å²) in [6, 6.07) is 15.1. The van der Waals surface area contributed by atoms with Gasteiger partial charge in [0, 0.05) is 51.1 Å². The van der Waals surface area contributed by atoms with Crippen molar-refractivity contribution >= 4 is 158 Å². The second-order valence-electron chi connectivity index (χ2n) is 9.48. The van der Waals surface area contributed by atoms with Gasteiger partial charge in [0.15, 0.2) is 10.9 Å². The van der Waals surface area contributed by atoms with Gasteiger partial charge in [-0.3, -0.25) is 9.59 Å². The monoisotopic (exact) mass is 742 g/mol. The summed E-state index contributed by atoms with van der Waals surface area (Å²) in [5.74, 6) is 0. The molecule has 8 rings (SSSR count). The predicted molar refractivity (Wildman–Crippen MR) is 173 cm³/mol. The van der Waals surface area contributed by atoms with Crippen molar-refractivity contribution in [1.82, 2.24) is 0 Å². The minimum Gasteiger partial charge on any atom is -0.288 e. The fourth-order valence-electron chi connectivity index (χ4n) is 6.26. The summed E-state index contributed by atoms with van der Waals surface area (Å²) in [7, 11) is 0. The number of rotatable bonds is 0. The van der Waals surface area contributed by atoms with Gasteiger partial charge in [0.1, 0.15) is 0 Å². The Balaban J connectivity index is 1.83. The molecule has 0 N–H and O–H groups in total. The summed E-state index contributed by atoms with van der Waals surface area (Å²) in [5.41, 5.74) is -0.370. The van der Waals surface area contributed by atoms with Crippen LogP contribution in [0.5, 0.6) is 0 Å². The minimum absolute atomic E-state index is 0.148. The van der Waals surface area contributed by atoms with E-state index >= 15 is 0 Å². The SMILES string of the molecule is O=c1c2c(Cl)ccc(Br)c2c2cc3cc(Cl)c4c(=O)c5c(Br)ccc(Br)c5c5cc6cc(Cl)c1c2c6c3c45. The summed E-state index contributed by atoms with van der Waals surface area (Å²) >= 11 is 31.2. The summed E-state index contributed by atoms with van der Waals surface area (Å²) in [6.07, 6.45) is 0. The molecule has 8 aromatic rings. The number of fused-ring (bicyclic) bond motifs is 4. The topological polar surface area (TPSA) is 34.1 Å². The van der Waals surface area contributed by atoms with Gasteiger partial charge >= 0.3 is 0 Å². The largest absolute Gasteiger partial charge is 0.288 e. The molecule has 0 bridgehead atoms. The fraction of sp³-hybridized carbons (Fsp3) is 0. The van der Waals surface area contributed by atoms with Gasteiger partial charge in [-0.25, -0.2) is 0 Å². The zero-order valence-corrected chi connectivity index (χ0v) is 25.7. The second kappa shape index (κ2) is 7.81. The molecular formula is C30H8Br3Cl3O2. The van der Waals surface area contributed by atoms with Crippen LogP contribution in [0.25, 0.3) is 75.4 Å². The van der Waals surface area contributed by atoms with Crippen molar-refractivity contribution < 1.29 is 0 Å². The van der Waals surface area contributed by atoms with Gasteiger partial charge in [0.05, 0.1) is 20.5 Å². The van der Waals surface area contributed by atoms with E-state index in [0.717, 1.165) is 62.8 Å². The highest BCUT2D eigenvalue weighted by Crippen LogP contribution is 2.50. The van der Waals surface area contributed by atoms with Gasteiger partial charge in [-0.2, -0.15) is 0 Å². The Morgan fingerprint density at radius 3 is 1.34 bits per heavy atom. The highest BCUT2D eigenvalue weighted by molar-refractivity contribution is 9.11. The van der Waals surface area contributed by atoms with Crippen molar-refractivity contribution in [2.75, 3.05) is 0 Å². The molecule has 0 saturated heterocycles. The molecule has 0 aliphatic carbocycles. The number of hydrogen-bond acceptors (Lipinski definition) is 2. The highest BCUT2D eigenvalue weighted by atomic mass is 79.9. The molecule has 2 nitrogen and oxygen atoms in total. The van der Waals surface area contributed by atoms with E-state index in [9.17, 15) is 9.59 Å². The summed E-state index contributed by atoms with van der Waals surface area (Å²) < 4.78 is 2.26. The molecule has 0 spiro atoms. The van der Waals surface area contributed by atoms with Crippen molar-refractivity contribution in [3.63, 3.8) is 0 Å². The summed E-state index contributed by atoms with van der Waals surface area (Å²) in [5, 5.41) is 11.2. The smallest absolute Gasteiger partial charge is 0.197 e. The summed E-state index contributed by atoms with van der Waals surface area (Å²) in [4.78, 5) is 27.8. The second-order valence-corrected chi connectivity index (χ2v) is 13.3. The maximum Gasteiger partial charge on any atom is 0.197 e. The quantitative estimate of drug-likeness (QED) is 0.114.